The topological polar surface area (TPSA) is 105 Å². The molecular formula is C16H20N2O5. The Hall–Kier alpha value is -2.57. The Bertz CT molecular complexity index is 668. The van der Waals surface area contributed by atoms with E-state index in [2.05, 4.69) is 10.6 Å². The quantitative estimate of drug-likeness (QED) is 0.769. The molecule has 2 amide bonds. The van der Waals surface area contributed by atoms with E-state index in [0.717, 1.165) is 0 Å². The molecule has 124 valence electrons. The smallest absolute Gasteiger partial charge is 0.307 e. The molecule has 3 N–H and O–H groups in total. The number of carbonyl (C=O) groups is 3. The van der Waals surface area contributed by atoms with Crippen LogP contribution in [-0.4, -0.2) is 30.0 Å². The summed E-state index contributed by atoms with van der Waals surface area (Å²) < 4.78 is 5.14. The van der Waals surface area contributed by atoms with Crippen LogP contribution in [0.25, 0.3) is 0 Å². The lowest BCUT2D eigenvalue weighted by atomic mass is 10.1. The number of methoxy groups -OCH3 is 1. The first kappa shape index (κ1) is 16.8. The molecule has 7 nitrogen and oxygen atoms in total. The summed E-state index contributed by atoms with van der Waals surface area (Å²) in [5.41, 5.74) is 0.331. The molecule has 0 saturated heterocycles. The lowest BCUT2D eigenvalue weighted by molar-refractivity contribution is -0.140. The number of carboxylic acids is 1. The summed E-state index contributed by atoms with van der Waals surface area (Å²) >= 11 is 0. The van der Waals surface area contributed by atoms with Crippen molar-refractivity contribution in [1.82, 2.24) is 0 Å². The van der Waals surface area contributed by atoms with Gasteiger partial charge in [0.05, 0.1) is 24.6 Å². The Labute approximate surface area is 134 Å². The largest absolute Gasteiger partial charge is 0.495 e. The minimum Gasteiger partial charge on any atom is -0.495 e. The van der Waals surface area contributed by atoms with Crippen LogP contribution < -0.4 is 15.4 Å². The molecule has 7 heteroatoms. The van der Waals surface area contributed by atoms with Gasteiger partial charge in [-0.2, -0.15) is 0 Å². The average Bonchev–Trinajstić information content (AvgIpc) is 3.01. The number of rotatable bonds is 5. The fraction of sp³-hybridized carbons (Fsp3) is 0.438. The van der Waals surface area contributed by atoms with E-state index in [4.69, 9.17) is 9.84 Å². The van der Waals surface area contributed by atoms with Gasteiger partial charge in [-0.25, -0.2) is 0 Å². The Morgan fingerprint density at radius 3 is 2.30 bits per heavy atom. The predicted molar refractivity (Wildman–Crippen MR) is 84.3 cm³/mol. The van der Waals surface area contributed by atoms with Crippen molar-refractivity contribution in [1.29, 1.82) is 0 Å². The van der Waals surface area contributed by atoms with Crippen LogP contribution in [0.15, 0.2) is 18.2 Å². The van der Waals surface area contributed by atoms with E-state index in [1.165, 1.54) is 14.0 Å². The van der Waals surface area contributed by atoms with Crippen molar-refractivity contribution in [3.05, 3.63) is 18.2 Å². The lowest BCUT2D eigenvalue weighted by Gasteiger charge is -2.12. The summed E-state index contributed by atoms with van der Waals surface area (Å²) in [5, 5.41) is 14.5. The minimum absolute atomic E-state index is 0.263. The van der Waals surface area contributed by atoms with Gasteiger partial charge in [0.2, 0.25) is 11.8 Å². The monoisotopic (exact) mass is 320 g/mol. The Balaban J connectivity index is 2.16. The van der Waals surface area contributed by atoms with Crippen molar-refractivity contribution >= 4 is 29.2 Å². The molecule has 1 aromatic carbocycles. The Morgan fingerprint density at radius 1 is 1.17 bits per heavy atom. The SMILES string of the molecule is COc1ccc(NC(=O)[C@@H]2[C@H](C(=O)O)C2(C)C)cc1NC(C)=O. The fourth-order valence-electron chi connectivity index (χ4n) is 2.88. The van der Waals surface area contributed by atoms with Gasteiger partial charge in [-0.05, 0) is 23.6 Å². The van der Waals surface area contributed by atoms with Gasteiger partial charge < -0.3 is 20.5 Å². The number of benzene rings is 1. The van der Waals surface area contributed by atoms with Crippen LogP contribution in [0.1, 0.15) is 20.8 Å². The third-order valence-corrected chi connectivity index (χ3v) is 4.15. The molecule has 0 aliphatic heterocycles. The molecule has 0 aromatic heterocycles. The molecule has 1 fully saturated rings. The van der Waals surface area contributed by atoms with Gasteiger partial charge in [-0.15, -0.1) is 0 Å². The third-order valence-electron chi connectivity index (χ3n) is 4.15. The van der Waals surface area contributed by atoms with Crippen molar-refractivity contribution in [2.24, 2.45) is 17.3 Å². The van der Waals surface area contributed by atoms with E-state index >= 15 is 0 Å². The molecule has 0 spiro atoms. The van der Waals surface area contributed by atoms with Gasteiger partial charge in [-0.1, -0.05) is 13.8 Å². The minimum atomic E-state index is -0.969. The average molecular weight is 320 g/mol. The molecule has 2 atom stereocenters. The molecule has 0 radical (unpaired) electrons. The van der Waals surface area contributed by atoms with Crippen LogP contribution in [0.4, 0.5) is 11.4 Å². The van der Waals surface area contributed by atoms with Crippen LogP contribution >= 0.6 is 0 Å². The summed E-state index contributed by atoms with van der Waals surface area (Å²) in [7, 11) is 1.48. The first-order valence-corrected chi connectivity index (χ1v) is 7.17. The van der Waals surface area contributed by atoms with Crippen molar-refractivity contribution in [2.45, 2.75) is 20.8 Å². The lowest BCUT2D eigenvalue weighted by Crippen LogP contribution is -2.18. The summed E-state index contributed by atoms with van der Waals surface area (Å²) in [6.07, 6.45) is 0. The van der Waals surface area contributed by atoms with Gasteiger partial charge in [0, 0.05) is 12.6 Å². The summed E-state index contributed by atoms with van der Waals surface area (Å²) in [5.74, 6) is -2.37. The van der Waals surface area contributed by atoms with Gasteiger partial charge in [0.1, 0.15) is 5.75 Å². The van der Waals surface area contributed by atoms with E-state index in [9.17, 15) is 14.4 Å². The van der Waals surface area contributed by atoms with Crippen molar-refractivity contribution in [3.8, 4) is 5.75 Å². The molecule has 0 unspecified atom stereocenters. The number of carbonyl (C=O) groups excluding carboxylic acids is 2. The van der Waals surface area contributed by atoms with Crippen molar-refractivity contribution in [3.63, 3.8) is 0 Å². The maximum absolute atomic E-state index is 12.3. The van der Waals surface area contributed by atoms with E-state index in [0.29, 0.717) is 17.1 Å². The highest BCUT2D eigenvalue weighted by Crippen LogP contribution is 2.58. The Kier molecular flexibility index (Phi) is 4.31. The molecule has 1 aromatic rings. The number of nitrogens with one attached hydrogen (secondary N) is 2. The van der Waals surface area contributed by atoms with E-state index < -0.39 is 23.2 Å². The van der Waals surface area contributed by atoms with Crippen molar-refractivity contribution in [2.75, 3.05) is 17.7 Å². The van der Waals surface area contributed by atoms with Gasteiger partial charge >= 0.3 is 5.97 Å². The van der Waals surface area contributed by atoms with Gasteiger partial charge in [0.15, 0.2) is 0 Å². The second-order valence-corrected chi connectivity index (χ2v) is 6.20. The van der Waals surface area contributed by atoms with Gasteiger partial charge in [-0.3, -0.25) is 14.4 Å². The highest BCUT2D eigenvalue weighted by molar-refractivity contribution is 6.00. The van der Waals surface area contributed by atoms with E-state index in [-0.39, 0.29) is 11.8 Å². The number of aliphatic carboxylic acids is 1. The summed E-state index contributed by atoms with van der Waals surface area (Å²) in [6, 6.07) is 4.82. The number of anilines is 2. The molecule has 2 rings (SSSR count). The first-order valence-electron chi connectivity index (χ1n) is 7.17. The number of carboxylic acid groups (broad SMARTS) is 1. The standard InChI is InChI=1S/C16H20N2O5/c1-8(19)17-10-7-9(5-6-11(10)23-4)18-14(20)12-13(15(21)22)16(12,2)3/h5-7,12-13H,1-4H3,(H,17,19)(H,18,20)(H,21,22)/t12-,13+/m0/s1. The zero-order valence-corrected chi connectivity index (χ0v) is 13.5. The summed E-state index contributed by atoms with van der Waals surface area (Å²) in [6.45, 7) is 4.88. The second kappa shape index (κ2) is 5.91. The number of ether oxygens (including phenoxy) is 1. The maximum atomic E-state index is 12.3. The van der Waals surface area contributed by atoms with E-state index in [1.807, 2.05) is 0 Å². The Morgan fingerprint density at radius 2 is 1.83 bits per heavy atom. The maximum Gasteiger partial charge on any atom is 0.307 e. The highest BCUT2D eigenvalue weighted by atomic mass is 16.5. The molecular weight excluding hydrogens is 300 g/mol. The highest BCUT2D eigenvalue weighted by Gasteiger charge is 2.65. The van der Waals surface area contributed by atoms with Crippen LogP contribution in [-0.2, 0) is 14.4 Å². The van der Waals surface area contributed by atoms with Crippen LogP contribution in [0.2, 0.25) is 0 Å². The second-order valence-electron chi connectivity index (χ2n) is 6.20. The fourth-order valence-corrected chi connectivity index (χ4v) is 2.88. The molecule has 1 aliphatic rings. The first-order chi connectivity index (χ1) is 10.7. The summed E-state index contributed by atoms with van der Waals surface area (Å²) in [4.78, 5) is 34.7. The van der Waals surface area contributed by atoms with E-state index in [1.54, 1.807) is 32.0 Å². The van der Waals surface area contributed by atoms with Crippen molar-refractivity contribution < 1.29 is 24.2 Å². The number of hydrogen-bond acceptors (Lipinski definition) is 4. The molecule has 23 heavy (non-hydrogen) atoms. The molecule has 0 bridgehead atoms. The molecule has 1 saturated carbocycles. The number of hydrogen-bond donors (Lipinski definition) is 3. The zero-order valence-electron chi connectivity index (χ0n) is 13.5. The normalized spacial score (nSPS) is 21.2. The zero-order chi connectivity index (χ0) is 17.4. The van der Waals surface area contributed by atoms with Gasteiger partial charge in [0.25, 0.3) is 0 Å². The van der Waals surface area contributed by atoms with Crippen LogP contribution in [0.5, 0.6) is 5.75 Å². The third kappa shape index (κ3) is 3.28. The van der Waals surface area contributed by atoms with Crippen LogP contribution in [0.3, 0.4) is 0 Å². The predicted octanol–water partition coefficient (Wildman–Crippen LogP) is 1.95. The molecule has 1 aliphatic carbocycles. The molecule has 0 heterocycles. The number of amides is 2. The van der Waals surface area contributed by atoms with Crippen LogP contribution in [0, 0.1) is 17.3 Å².